The van der Waals surface area contributed by atoms with Gasteiger partial charge in [0.25, 0.3) is 0 Å². The topological polar surface area (TPSA) is 62.6 Å². The van der Waals surface area contributed by atoms with Crippen LogP contribution in [0.4, 0.5) is 0 Å². The summed E-state index contributed by atoms with van der Waals surface area (Å²) in [5.74, 6) is 0.124. The predicted octanol–water partition coefficient (Wildman–Crippen LogP) is 1.09. The molecule has 146 valence electrons. The highest BCUT2D eigenvalue weighted by molar-refractivity contribution is 5.85. The number of hydrogen-bond donors (Lipinski definition) is 1. The van der Waals surface area contributed by atoms with Crippen molar-refractivity contribution in [2.75, 3.05) is 46.4 Å². The van der Waals surface area contributed by atoms with Gasteiger partial charge < -0.3 is 15.0 Å². The summed E-state index contributed by atoms with van der Waals surface area (Å²) >= 11 is 0. The molecule has 2 heterocycles. The first-order chi connectivity index (χ1) is 11.0. The minimum Gasteiger partial charge on any atom is -0.377 e. The smallest absolute Gasteiger partial charge is 0.244 e. The zero-order valence-corrected chi connectivity index (χ0v) is 17.1. The molecule has 2 rings (SSSR count). The van der Waals surface area contributed by atoms with Gasteiger partial charge in [0.15, 0.2) is 0 Å². The number of amides is 1. The molecule has 0 radical (unpaired) electrons. The number of hydrogen-bond acceptors (Lipinski definition) is 5. The number of aryl methyl sites for hydroxylation is 1. The number of carbonyl (C=O) groups is 1. The van der Waals surface area contributed by atoms with E-state index in [0.717, 1.165) is 44.9 Å². The summed E-state index contributed by atoms with van der Waals surface area (Å²) in [5.41, 5.74) is 0.910. The molecule has 1 unspecified atom stereocenters. The van der Waals surface area contributed by atoms with Crippen molar-refractivity contribution < 1.29 is 9.53 Å². The van der Waals surface area contributed by atoms with Gasteiger partial charge >= 0.3 is 0 Å². The van der Waals surface area contributed by atoms with Crippen molar-refractivity contribution in [3.8, 4) is 0 Å². The van der Waals surface area contributed by atoms with Crippen LogP contribution in [-0.2, 0) is 16.6 Å². The second kappa shape index (κ2) is 11.7. The molecule has 1 aliphatic rings. The highest BCUT2D eigenvalue weighted by Gasteiger charge is 2.28. The lowest BCUT2D eigenvalue weighted by Gasteiger charge is -2.36. The predicted molar refractivity (Wildman–Crippen MR) is 104 cm³/mol. The highest BCUT2D eigenvalue weighted by atomic mass is 35.5. The largest absolute Gasteiger partial charge is 0.377 e. The molecule has 1 aromatic rings. The van der Waals surface area contributed by atoms with Gasteiger partial charge in [0.05, 0.1) is 18.9 Å². The van der Waals surface area contributed by atoms with Gasteiger partial charge in [0, 0.05) is 51.5 Å². The van der Waals surface area contributed by atoms with Crippen LogP contribution in [0.15, 0.2) is 12.4 Å². The van der Waals surface area contributed by atoms with Crippen molar-refractivity contribution in [1.29, 1.82) is 0 Å². The van der Waals surface area contributed by atoms with Crippen LogP contribution < -0.4 is 5.32 Å². The molecule has 1 saturated heterocycles. The Bertz CT molecular complexity index is 504. The molecule has 0 aromatic carbocycles. The maximum atomic E-state index is 12.7. The number of likely N-dealkylation sites (N-methyl/N-ethyl adjacent to an activating group) is 1. The fraction of sp³-hybridized carbons (Fsp3) is 0.750. The Kier molecular flexibility index (Phi) is 11.3. The Morgan fingerprint density at radius 2 is 1.92 bits per heavy atom. The quantitative estimate of drug-likeness (QED) is 0.748. The van der Waals surface area contributed by atoms with E-state index in [1.165, 1.54) is 0 Å². The molecule has 1 fully saturated rings. The van der Waals surface area contributed by atoms with Gasteiger partial charge in [0.2, 0.25) is 5.91 Å². The Labute approximate surface area is 162 Å². The molecule has 1 amide bonds. The normalized spacial score (nSPS) is 16.3. The average molecular weight is 396 g/mol. The van der Waals surface area contributed by atoms with Crippen molar-refractivity contribution in [1.82, 2.24) is 24.9 Å². The number of nitrogens with one attached hydrogen (secondary N) is 1. The van der Waals surface area contributed by atoms with Crippen molar-refractivity contribution in [3.63, 3.8) is 0 Å². The molecule has 0 saturated carbocycles. The van der Waals surface area contributed by atoms with E-state index in [1.54, 1.807) is 10.9 Å². The van der Waals surface area contributed by atoms with Crippen LogP contribution in [-0.4, -0.2) is 78.0 Å². The van der Waals surface area contributed by atoms with Crippen LogP contribution in [0.5, 0.6) is 0 Å². The lowest BCUT2D eigenvalue weighted by Crippen LogP contribution is -2.51. The molecule has 1 atom stereocenters. The number of nitrogens with zero attached hydrogens (tertiary/aromatic N) is 4. The van der Waals surface area contributed by atoms with Gasteiger partial charge in [-0.25, -0.2) is 0 Å². The van der Waals surface area contributed by atoms with Crippen molar-refractivity contribution in [2.24, 2.45) is 7.05 Å². The zero-order chi connectivity index (χ0) is 16.8. The first kappa shape index (κ1) is 24.1. The number of aromatic nitrogens is 2. The van der Waals surface area contributed by atoms with Gasteiger partial charge in [-0.15, -0.1) is 24.8 Å². The fourth-order valence-electron chi connectivity index (χ4n) is 2.81. The lowest BCUT2D eigenvalue weighted by molar-refractivity contribution is -0.135. The van der Waals surface area contributed by atoms with Crippen LogP contribution in [0.3, 0.4) is 0 Å². The van der Waals surface area contributed by atoms with Gasteiger partial charge in [-0.05, 0) is 20.9 Å². The van der Waals surface area contributed by atoms with E-state index in [-0.39, 0.29) is 42.9 Å². The van der Waals surface area contributed by atoms with Crippen LogP contribution in [0, 0.1) is 0 Å². The van der Waals surface area contributed by atoms with Crippen LogP contribution >= 0.6 is 24.8 Å². The van der Waals surface area contributed by atoms with E-state index >= 15 is 0 Å². The molecule has 1 aromatic heterocycles. The fourth-order valence-corrected chi connectivity index (χ4v) is 2.81. The van der Waals surface area contributed by atoms with Gasteiger partial charge in [-0.1, -0.05) is 0 Å². The summed E-state index contributed by atoms with van der Waals surface area (Å²) in [6, 6.07) is -0.320. The van der Waals surface area contributed by atoms with Crippen molar-refractivity contribution >= 4 is 30.7 Å². The van der Waals surface area contributed by atoms with Gasteiger partial charge in [-0.3, -0.25) is 14.4 Å². The Hall–Kier alpha value is -0.860. The molecular weight excluding hydrogens is 365 g/mol. The van der Waals surface area contributed by atoms with E-state index in [0.29, 0.717) is 0 Å². The summed E-state index contributed by atoms with van der Waals surface area (Å²) in [4.78, 5) is 17.0. The summed E-state index contributed by atoms with van der Waals surface area (Å²) in [7, 11) is 3.67. The lowest BCUT2D eigenvalue weighted by atomic mass is 10.1. The molecule has 1 N–H and O–H groups in total. The van der Waals surface area contributed by atoms with Gasteiger partial charge in [-0.2, -0.15) is 5.10 Å². The molecule has 0 aliphatic carbocycles. The SMILES string of the molecule is CNC(C(=O)N1CCN(CCOC(C)C)CC1)c1cnn(C)c1.Cl.Cl. The van der Waals surface area contributed by atoms with Crippen molar-refractivity contribution in [3.05, 3.63) is 18.0 Å². The number of halogens is 2. The Balaban J connectivity index is 0.00000288. The molecule has 25 heavy (non-hydrogen) atoms. The minimum absolute atomic E-state index is 0. The highest BCUT2D eigenvalue weighted by Crippen LogP contribution is 2.16. The van der Waals surface area contributed by atoms with Gasteiger partial charge in [0.1, 0.15) is 6.04 Å². The average Bonchev–Trinajstić information content (AvgIpc) is 2.94. The molecule has 0 spiro atoms. The number of piperazine rings is 1. The third-order valence-electron chi connectivity index (χ3n) is 4.14. The van der Waals surface area contributed by atoms with E-state index in [4.69, 9.17) is 4.74 Å². The van der Waals surface area contributed by atoms with E-state index in [9.17, 15) is 4.79 Å². The maximum Gasteiger partial charge on any atom is 0.244 e. The summed E-state index contributed by atoms with van der Waals surface area (Å²) < 4.78 is 7.32. The monoisotopic (exact) mass is 395 g/mol. The summed E-state index contributed by atoms with van der Waals surface area (Å²) in [5, 5.41) is 7.27. The molecule has 1 aliphatic heterocycles. The second-order valence-corrected chi connectivity index (χ2v) is 6.26. The minimum atomic E-state index is -0.320. The molecular formula is C16H31Cl2N5O2. The van der Waals surface area contributed by atoms with Crippen LogP contribution in [0.25, 0.3) is 0 Å². The molecule has 9 heteroatoms. The maximum absolute atomic E-state index is 12.7. The van der Waals surface area contributed by atoms with E-state index < -0.39 is 0 Å². The standard InChI is InChI=1S/C16H29N5O2.2ClH/c1-13(2)23-10-9-20-5-7-21(8-6-20)16(22)15(17-3)14-11-18-19(4)12-14;;/h11-13,15,17H,5-10H2,1-4H3;2*1H. The first-order valence-corrected chi connectivity index (χ1v) is 8.29. The molecule has 0 bridgehead atoms. The Morgan fingerprint density at radius 3 is 2.40 bits per heavy atom. The summed E-state index contributed by atoms with van der Waals surface area (Å²) in [6.45, 7) is 9.10. The second-order valence-electron chi connectivity index (χ2n) is 6.26. The third kappa shape index (κ3) is 7.11. The summed E-state index contributed by atoms with van der Waals surface area (Å²) in [6.07, 6.45) is 3.91. The number of ether oxygens (including phenoxy) is 1. The van der Waals surface area contributed by atoms with E-state index in [1.807, 2.05) is 39.0 Å². The van der Waals surface area contributed by atoms with E-state index in [2.05, 4.69) is 15.3 Å². The molecule has 7 nitrogen and oxygen atoms in total. The number of carbonyl (C=O) groups excluding carboxylic acids is 1. The first-order valence-electron chi connectivity index (χ1n) is 8.29. The van der Waals surface area contributed by atoms with Crippen LogP contribution in [0.1, 0.15) is 25.5 Å². The zero-order valence-electron chi connectivity index (χ0n) is 15.5. The van der Waals surface area contributed by atoms with Crippen molar-refractivity contribution in [2.45, 2.75) is 26.0 Å². The van der Waals surface area contributed by atoms with Crippen LogP contribution in [0.2, 0.25) is 0 Å². The third-order valence-corrected chi connectivity index (χ3v) is 4.14. The Morgan fingerprint density at radius 1 is 1.28 bits per heavy atom. The number of rotatable bonds is 7.